The van der Waals surface area contributed by atoms with Gasteiger partial charge in [-0.05, 0) is 24.1 Å². The number of hydrogen-bond acceptors (Lipinski definition) is 5. The summed E-state index contributed by atoms with van der Waals surface area (Å²) in [6.07, 6.45) is 5.06. The van der Waals surface area contributed by atoms with Gasteiger partial charge in [0.2, 0.25) is 0 Å². The highest BCUT2D eigenvalue weighted by molar-refractivity contribution is 6.31. The molecule has 8 heteroatoms. The van der Waals surface area contributed by atoms with Crippen molar-refractivity contribution >= 4 is 17.2 Å². The van der Waals surface area contributed by atoms with E-state index in [0.717, 1.165) is 5.57 Å². The van der Waals surface area contributed by atoms with Gasteiger partial charge in [0.1, 0.15) is 22.9 Å². The van der Waals surface area contributed by atoms with Crippen LogP contribution in [0.25, 0.3) is 22.8 Å². The van der Waals surface area contributed by atoms with E-state index in [-0.39, 0.29) is 17.4 Å². The zero-order valence-electron chi connectivity index (χ0n) is 14.9. The maximum absolute atomic E-state index is 14.1. The standard InChI is InChI=1S/C20H15ClFN5O/c1-12(2)14-10-23-20(24-19(14)21)27-11-15(17-7-8-28-26-17)18(25-27)9-13-5-3-4-6-16(13)22/h3-8,10-11H,1,9H2,2H3. The van der Waals surface area contributed by atoms with Gasteiger partial charge in [-0.15, -0.1) is 0 Å². The molecule has 0 saturated heterocycles. The Kier molecular flexibility index (Phi) is 4.75. The minimum absolute atomic E-state index is 0.277. The molecule has 0 saturated carbocycles. The van der Waals surface area contributed by atoms with Crippen LogP contribution >= 0.6 is 11.6 Å². The van der Waals surface area contributed by atoms with Crippen molar-refractivity contribution in [3.63, 3.8) is 0 Å². The predicted molar refractivity (Wildman–Crippen MR) is 104 cm³/mol. The Hall–Kier alpha value is -3.32. The number of rotatable bonds is 5. The summed E-state index contributed by atoms with van der Waals surface area (Å²) in [6.45, 7) is 5.68. The monoisotopic (exact) mass is 395 g/mol. The summed E-state index contributed by atoms with van der Waals surface area (Å²) in [5.41, 5.74) is 3.85. The Bertz CT molecular complexity index is 1150. The highest BCUT2D eigenvalue weighted by atomic mass is 35.5. The molecule has 0 amide bonds. The lowest BCUT2D eigenvalue weighted by Gasteiger charge is -2.04. The zero-order valence-corrected chi connectivity index (χ0v) is 15.7. The van der Waals surface area contributed by atoms with E-state index in [1.807, 2.05) is 6.92 Å². The number of halogens is 2. The third-order valence-corrected chi connectivity index (χ3v) is 4.50. The number of nitrogens with zero attached hydrogens (tertiary/aromatic N) is 5. The van der Waals surface area contributed by atoms with Gasteiger partial charge in [-0.2, -0.15) is 10.1 Å². The number of aromatic nitrogens is 5. The number of benzene rings is 1. The Morgan fingerprint density at radius 2 is 2.11 bits per heavy atom. The molecule has 0 radical (unpaired) electrons. The third kappa shape index (κ3) is 3.44. The van der Waals surface area contributed by atoms with Gasteiger partial charge in [-0.3, -0.25) is 0 Å². The second kappa shape index (κ2) is 7.36. The van der Waals surface area contributed by atoms with Gasteiger partial charge in [0.25, 0.3) is 5.95 Å². The van der Waals surface area contributed by atoms with E-state index < -0.39 is 0 Å². The minimum atomic E-state index is -0.298. The van der Waals surface area contributed by atoms with Crippen LogP contribution in [0.4, 0.5) is 4.39 Å². The van der Waals surface area contributed by atoms with E-state index in [4.69, 9.17) is 16.1 Å². The molecular weight excluding hydrogens is 381 g/mol. The summed E-state index contributed by atoms with van der Waals surface area (Å²) in [7, 11) is 0. The summed E-state index contributed by atoms with van der Waals surface area (Å²) in [5, 5.41) is 8.81. The van der Waals surface area contributed by atoms with E-state index in [1.165, 1.54) is 17.0 Å². The van der Waals surface area contributed by atoms with Crippen LogP contribution in [0.1, 0.15) is 23.7 Å². The molecule has 0 fully saturated rings. The number of allylic oxidation sites excluding steroid dienone is 1. The van der Waals surface area contributed by atoms with Crippen molar-refractivity contribution < 1.29 is 8.91 Å². The van der Waals surface area contributed by atoms with E-state index in [1.54, 1.807) is 36.7 Å². The Morgan fingerprint density at radius 1 is 1.29 bits per heavy atom. The lowest BCUT2D eigenvalue weighted by Crippen LogP contribution is -2.04. The van der Waals surface area contributed by atoms with Crippen molar-refractivity contribution in [3.8, 4) is 17.2 Å². The number of hydrogen-bond donors (Lipinski definition) is 0. The molecule has 3 aromatic heterocycles. The Labute approximate surface area is 165 Å². The SMILES string of the molecule is C=C(C)c1cnc(-n2cc(-c3ccon3)c(Cc3ccccc3F)n2)nc1Cl. The van der Waals surface area contributed by atoms with Crippen LogP contribution in [0.2, 0.25) is 5.15 Å². The average Bonchev–Trinajstić information content (AvgIpc) is 3.33. The summed E-state index contributed by atoms with van der Waals surface area (Å²) >= 11 is 6.24. The largest absolute Gasteiger partial charge is 0.364 e. The first kappa shape index (κ1) is 18.1. The molecule has 28 heavy (non-hydrogen) atoms. The zero-order chi connectivity index (χ0) is 19.7. The van der Waals surface area contributed by atoms with Crippen molar-refractivity contribution in [3.05, 3.63) is 83.4 Å². The first-order valence-electron chi connectivity index (χ1n) is 8.44. The van der Waals surface area contributed by atoms with Gasteiger partial charge < -0.3 is 4.52 Å². The van der Waals surface area contributed by atoms with Gasteiger partial charge >= 0.3 is 0 Å². The molecule has 6 nitrogen and oxygen atoms in total. The molecule has 0 aliphatic heterocycles. The van der Waals surface area contributed by atoms with Gasteiger partial charge in [0.05, 0.1) is 5.69 Å². The second-order valence-electron chi connectivity index (χ2n) is 6.24. The fourth-order valence-corrected chi connectivity index (χ4v) is 3.07. The molecule has 140 valence electrons. The smallest absolute Gasteiger partial charge is 0.251 e. The van der Waals surface area contributed by atoms with E-state index in [2.05, 4.69) is 26.8 Å². The van der Waals surface area contributed by atoms with Crippen LogP contribution < -0.4 is 0 Å². The average molecular weight is 396 g/mol. The molecule has 3 heterocycles. The highest BCUT2D eigenvalue weighted by Gasteiger charge is 2.18. The molecule has 0 aliphatic carbocycles. The fourth-order valence-electron chi connectivity index (χ4n) is 2.78. The summed E-state index contributed by atoms with van der Waals surface area (Å²) in [4.78, 5) is 8.62. The summed E-state index contributed by atoms with van der Waals surface area (Å²) in [6, 6.07) is 8.28. The van der Waals surface area contributed by atoms with Gasteiger partial charge in [0.15, 0.2) is 0 Å². The van der Waals surface area contributed by atoms with Crippen molar-refractivity contribution in [2.45, 2.75) is 13.3 Å². The quantitative estimate of drug-likeness (QED) is 0.457. The topological polar surface area (TPSA) is 69.6 Å². The van der Waals surface area contributed by atoms with Crippen LogP contribution in [0.15, 0.2) is 60.1 Å². The molecule has 0 bridgehead atoms. The molecule has 4 aromatic rings. The Balaban J connectivity index is 1.79. The molecule has 0 aliphatic rings. The summed E-state index contributed by atoms with van der Waals surface area (Å²) in [5.74, 6) is -0.00668. The highest BCUT2D eigenvalue weighted by Crippen LogP contribution is 2.26. The van der Waals surface area contributed by atoms with Gasteiger partial charge in [-0.1, -0.05) is 41.5 Å². The van der Waals surface area contributed by atoms with Crippen molar-refractivity contribution in [2.75, 3.05) is 0 Å². The lowest BCUT2D eigenvalue weighted by atomic mass is 10.1. The molecule has 0 unspecified atom stereocenters. The predicted octanol–water partition coefficient (Wildman–Crippen LogP) is 4.73. The van der Waals surface area contributed by atoms with E-state index >= 15 is 0 Å². The first-order valence-corrected chi connectivity index (χ1v) is 8.82. The second-order valence-corrected chi connectivity index (χ2v) is 6.60. The molecule has 4 rings (SSSR count). The minimum Gasteiger partial charge on any atom is -0.364 e. The molecular formula is C20H15ClFN5O. The van der Waals surface area contributed by atoms with Crippen molar-refractivity contribution in [1.29, 1.82) is 0 Å². The van der Waals surface area contributed by atoms with Crippen molar-refractivity contribution in [2.24, 2.45) is 0 Å². The molecule has 1 aromatic carbocycles. The van der Waals surface area contributed by atoms with Crippen LogP contribution in [0, 0.1) is 5.82 Å². The van der Waals surface area contributed by atoms with Crippen LogP contribution in [0.5, 0.6) is 0 Å². The maximum atomic E-state index is 14.1. The van der Waals surface area contributed by atoms with Gasteiger partial charge in [-0.25, -0.2) is 14.1 Å². The third-order valence-electron chi connectivity index (χ3n) is 4.21. The molecule has 0 atom stereocenters. The first-order chi connectivity index (χ1) is 13.5. The van der Waals surface area contributed by atoms with E-state index in [0.29, 0.717) is 34.0 Å². The van der Waals surface area contributed by atoms with Crippen molar-refractivity contribution in [1.82, 2.24) is 24.9 Å². The summed E-state index contributed by atoms with van der Waals surface area (Å²) < 4.78 is 20.6. The molecule has 0 N–H and O–H groups in total. The van der Waals surface area contributed by atoms with Crippen LogP contribution in [-0.2, 0) is 6.42 Å². The van der Waals surface area contributed by atoms with Crippen LogP contribution in [-0.4, -0.2) is 24.9 Å². The van der Waals surface area contributed by atoms with Crippen LogP contribution in [0.3, 0.4) is 0 Å². The Morgan fingerprint density at radius 3 is 2.79 bits per heavy atom. The maximum Gasteiger partial charge on any atom is 0.251 e. The van der Waals surface area contributed by atoms with Gasteiger partial charge in [0, 0.05) is 36.0 Å². The normalized spacial score (nSPS) is 11.0. The fraction of sp³-hybridized carbons (Fsp3) is 0.100. The lowest BCUT2D eigenvalue weighted by molar-refractivity contribution is 0.422. The molecule has 0 spiro atoms. The van der Waals surface area contributed by atoms with E-state index in [9.17, 15) is 4.39 Å².